The zero-order valence-electron chi connectivity index (χ0n) is 9.57. The predicted molar refractivity (Wildman–Crippen MR) is 64.4 cm³/mol. The van der Waals surface area contributed by atoms with E-state index in [1.54, 1.807) is 6.07 Å². The molecule has 2 rings (SSSR count). The maximum Gasteiger partial charge on any atom is 0.308 e. The second-order valence-corrected chi connectivity index (χ2v) is 3.76. The lowest BCUT2D eigenvalue weighted by atomic mass is 10.2. The van der Waals surface area contributed by atoms with Crippen molar-refractivity contribution < 1.29 is 14.8 Å². The number of benzene rings is 1. The molecule has 8 nitrogen and oxygen atoms in total. The van der Waals surface area contributed by atoms with Crippen molar-refractivity contribution >= 4 is 11.7 Å². The molecule has 1 heterocycles. The van der Waals surface area contributed by atoms with Gasteiger partial charge in [0.1, 0.15) is 5.69 Å². The standard InChI is InChI=1S/C11H9N3O5/c15-10(16)5-7-6-12-13(11(7)17)8-3-1-2-4-9(8)14(18)19/h1-4,6,12H,5H2,(H,15,16). The number of nitrogens with zero attached hydrogens (tertiary/aromatic N) is 2. The lowest BCUT2D eigenvalue weighted by Gasteiger charge is -2.01. The molecule has 8 heteroatoms. The Morgan fingerprint density at radius 3 is 2.74 bits per heavy atom. The molecule has 0 aliphatic heterocycles. The first-order valence-electron chi connectivity index (χ1n) is 5.25. The number of carbonyl (C=O) groups is 1. The number of H-pyrrole nitrogens is 1. The van der Waals surface area contributed by atoms with Crippen molar-refractivity contribution in [3.8, 4) is 5.69 Å². The summed E-state index contributed by atoms with van der Waals surface area (Å²) >= 11 is 0. The number of nitro benzene ring substituents is 1. The molecule has 0 spiro atoms. The number of carboxylic acid groups (broad SMARTS) is 1. The molecular formula is C11H9N3O5. The van der Waals surface area contributed by atoms with Crippen LogP contribution in [0.4, 0.5) is 5.69 Å². The molecule has 0 unspecified atom stereocenters. The van der Waals surface area contributed by atoms with Crippen LogP contribution in [0.1, 0.15) is 5.56 Å². The summed E-state index contributed by atoms with van der Waals surface area (Å²) in [4.78, 5) is 32.8. The van der Waals surface area contributed by atoms with E-state index >= 15 is 0 Å². The van der Waals surface area contributed by atoms with Gasteiger partial charge in [-0.1, -0.05) is 12.1 Å². The summed E-state index contributed by atoms with van der Waals surface area (Å²) in [6, 6.07) is 5.69. The van der Waals surface area contributed by atoms with E-state index in [0.717, 1.165) is 4.68 Å². The SMILES string of the molecule is O=C(O)Cc1c[nH]n(-c2ccccc2[N+](=O)[O-])c1=O. The smallest absolute Gasteiger partial charge is 0.308 e. The van der Waals surface area contributed by atoms with Crippen molar-refractivity contribution in [2.45, 2.75) is 6.42 Å². The van der Waals surface area contributed by atoms with Gasteiger partial charge in [0, 0.05) is 17.8 Å². The van der Waals surface area contributed by atoms with Crippen molar-refractivity contribution in [2.75, 3.05) is 0 Å². The molecule has 0 radical (unpaired) electrons. The largest absolute Gasteiger partial charge is 0.481 e. The third kappa shape index (κ3) is 2.37. The lowest BCUT2D eigenvalue weighted by Crippen LogP contribution is -2.19. The Hall–Kier alpha value is -2.90. The van der Waals surface area contributed by atoms with E-state index in [-0.39, 0.29) is 16.9 Å². The second kappa shape index (κ2) is 4.77. The lowest BCUT2D eigenvalue weighted by molar-refractivity contribution is -0.384. The van der Waals surface area contributed by atoms with Crippen molar-refractivity contribution in [3.63, 3.8) is 0 Å². The molecule has 2 aromatic rings. The van der Waals surface area contributed by atoms with Gasteiger partial charge in [-0.15, -0.1) is 0 Å². The third-order valence-electron chi connectivity index (χ3n) is 2.51. The molecule has 19 heavy (non-hydrogen) atoms. The first kappa shape index (κ1) is 12.6. The monoisotopic (exact) mass is 263 g/mol. The molecular weight excluding hydrogens is 254 g/mol. The maximum absolute atomic E-state index is 11.9. The van der Waals surface area contributed by atoms with E-state index in [2.05, 4.69) is 5.10 Å². The van der Waals surface area contributed by atoms with Crippen LogP contribution in [0, 0.1) is 10.1 Å². The van der Waals surface area contributed by atoms with Gasteiger partial charge < -0.3 is 5.11 Å². The highest BCUT2D eigenvalue weighted by atomic mass is 16.6. The topological polar surface area (TPSA) is 118 Å². The molecule has 1 aromatic carbocycles. The van der Waals surface area contributed by atoms with Crippen LogP contribution in [-0.2, 0) is 11.2 Å². The number of nitro groups is 1. The molecule has 1 aromatic heterocycles. The normalized spacial score (nSPS) is 10.3. The highest BCUT2D eigenvalue weighted by molar-refractivity contribution is 5.70. The number of rotatable bonds is 4. The highest BCUT2D eigenvalue weighted by Gasteiger charge is 2.18. The molecule has 0 bridgehead atoms. The molecule has 0 atom stereocenters. The summed E-state index contributed by atoms with van der Waals surface area (Å²) in [5, 5.41) is 22.0. The summed E-state index contributed by atoms with van der Waals surface area (Å²) in [5.74, 6) is -1.15. The third-order valence-corrected chi connectivity index (χ3v) is 2.51. The van der Waals surface area contributed by atoms with E-state index in [4.69, 9.17) is 5.11 Å². The number of hydrogen-bond donors (Lipinski definition) is 2. The second-order valence-electron chi connectivity index (χ2n) is 3.76. The fourth-order valence-electron chi connectivity index (χ4n) is 1.68. The number of para-hydroxylation sites is 2. The predicted octanol–water partition coefficient (Wildman–Crippen LogP) is 0.701. The molecule has 98 valence electrons. The van der Waals surface area contributed by atoms with Crippen LogP contribution >= 0.6 is 0 Å². The fourth-order valence-corrected chi connectivity index (χ4v) is 1.68. The van der Waals surface area contributed by atoms with Gasteiger partial charge in [0.25, 0.3) is 11.2 Å². The number of aromatic amines is 1. The van der Waals surface area contributed by atoms with Gasteiger partial charge in [-0.3, -0.25) is 24.8 Å². The van der Waals surface area contributed by atoms with Crippen LogP contribution in [0.15, 0.2) is 35.3 Å². The fraction of sp³-hybridized carbons (Fsp3) is 0.0909. The van der Waals surface area contributed by atoms with E-state index in [1.807, 2.05) is 0 Å². The molecule has 0 fully saturated rings. The van der Waals surface area contributed by atoms with E-state index in [0.29, 0.717) is 0 Å². The Labute approximate surface area is 106 Å². The molecule has 0 aliphatic rings. The molecule has 0 saturated heterocycles. The minimum atomic E-state index is -1.15. The van der Waals surface area contributed by atoms with Crippen LogP contribution in [0.25, 0.3) is 5.69 Å². The van der Waals surface area contributed by atoms with Crippen molar-refractivity contribution in [2.24, 2.45) is 0 Å². The number of nitrogens with one attached hydrogen (secondary N) is 1. The summed E-state index contributed by atoms with van der Waals surface area (Å²) in [6.45, 7) is 0. The molecule has 2 N–H and O–H groups in total. The van der Waals surface area contributed by atoms with Crippen molar-refractivity contribution in [1.29, 1.82) is 0 Å². The van der Waals surface area contributed by atoms with E-state index in [1.165, 1.54) is 24.4 Å². The Balaban J connectivity index is 2.55. The Kier molecular flexibility index (Phi) is 3.15. The van der Waals surface area contributed by atoms with Gasteiger partial charge in [0.05, 0.1) is 11.3 Å². The first-order valence-corrected chi connectivity index (χ1v) is 5.25. The van der Waals surface area contributed by atoms with Crippen molar-refractivity contribution in [1.82, 2.24) is 9.78 Å². The Morgan fingerprint density at radius 1 is 1.42 bits per heavy atom. The van der Waals surface area contributed by atoms with Gasteiger partial charge in [-0.05, 0) is 6.07 Å². The highest BCUT2D eigenvalue weighted by Crippen LogP contribution is 2.20. The average Bonchev–Trinajstić information content (AvgIpc) is 2.70. The maximum atomic E-state index is 11.9. The van der Waals surface area contributed by atoms with Crippen LogP contribution in [-0.4, -0.2) is 25.8 Å². The summed E-state index contributed by atoms with van der Waals surface area (Å²) in [7, 11) is 0. The number of aromatic nitrogens is 2. The number of hydrogen-bond acceptors (Lipinski definition) is 4. The molecule has 0 amide bonds. The van der Waals surface area contributed by atoms with Crippen LogP contribution in [0.2, 0.25) is 0 Å². The first-order chi connectivity index (χ1) is 9.00. The molecule has 0 saturated carbocycles. The van der Waals surface area contributed by atoms with Crippen molar-refractivity contribution in [3.05, 3.63) is 56.5 Å². The molecule has 0 aliphatic carbocycles. The van der Waals surface area contributed by atoms with E-state index < -0.39 is 22.9 Å². The summed E-state index contributed by atoms with van der Waals surface area (Å²) in [6.07, 6.45) is 0.788. The van der Waals surface area contributed by atoms with Crippen LogP contribution < -0.4 is 5.56 Å². The quantitative estimate of drug-likeness (QED) is 0.621. The van der Waals surface area contributed by atoms with Gasteiger partial charge in [-0.2, -0.15) is 0 Å². The zero-order chi connectivity index (χ0) is 14.0. The minimum Gasteiger partial charge on any atom is -0.481 e. The number of aliphatic carboxylic acids is 1. The van der Waals surface area contributed by atoms with Gasteiger partial charge >= 0.3 is 5.97 Å². The van der Waals surface area contributed by atoms with Gasteiger partial charge in [0.2, 0.25) is 0 Å². The van der Waals surface area contributed by atoms with E-state index in [9.17, 15) is 19.7 Å². The average molecular weight is 263 g/mol. The van der Waals surface area contributed by atoms with Gasteiger partial charge in [-0.25, -0.2) is 4.68 Å². The number of carboxylic acids is 1. The Morgan fingerprint density at radius 2 is 2.11 bits per heavy atom. The van der Waals surface area contributed by atoms with Gasteiger partial charge in [0.15, 0.2) is 0 Å². The van der Waals surface area contributed by atoms with Crippen LogP contribution in [0.5, 0.6) is 0 Å². The van der Waals surface area contributed by atoms with Crippen LogP contribution in [0.3, 0.4) is 0 Å². The minimum absolute atomic E-state index is 0.0330. The summed E-state index contributed by atoms with van der Waals surface area (Å²) in [5.41, 5.74) is -0.759. The summed E-state index contributed by atoms with van der Waals surface area (Å²) < 4.78 is 0.955. The zero-order valence-corrected chi connectivity index (χ0v) is 9.57. The Bertz CT molecular complexity index is 700.